The molecule has 1 saturated heterocycles. The SMILES string of the molecule is CCNCC1CCN(C(=O)c2cccnc2Nc2ccc(OCC)cc2)CC1. The molecule has 1 aromatic heterocycles. The van der Waals surface area contributed by atoms with Gasteiger partial charge in [-0.25, -0.2) is 4.98 Å². The highest BCUT2D eigenvalue weighted by Crippen LogP contribution is 2.24. The molecule has 0 saturated carbocycles. The molecule has 3 rings (SSSR count). The molecule has 6 heteroatoms. The van der Waals surface area contributed by atoms with Crippen LogP contribution in [0.3, 0.4) is 0 Å². The van der Waals surface area contributed by atoms with Crippen molar-refractivity contribution in [2.45, 2.75) is 26.7 Å². The summed E-state index contributed by atoms with van der Waals surface area (Å²) in [6.45, 7) is 8.35. The number of aromatic nitrogens is 1. The maximum atomic E-state index is 13.1. The van der Waals surface area contributed by atoms with Crippen molar-refractivity contribution in [1.29, 1.82) is 0 Å². The second-order valence-electron chi connectivity index (χ2n) is 7.03. The lowest BCUT2D eigenvalue weighted by Gasteiger charge is -2.32. The van der Waals surface area contributed by atoms with Crippen LogP contribution in [-0.4, -0.2) is 48.6 Å². The third-order valence-electron chi connectivity index (χ3n) is 5.05. The summed E-state index contributed by atoms with van der Waals surface area (Å²) >= 11 is 0. The third kappa shape index (κ3) is 5.23. The van der Waals surface area contributed by atoms with Crippen LogP contribution >= 0.6 is 0 Å². The van der Waals surface area contributed by atoms with E-state index in [0.717, 1.165) is 50.5 Å². The number of carbonyl (C=O) groups is 1. The second-order valence-corrected chi connectivity index (χ2v) is 7.03. The van der Waals surface area contributed by atoms with Crippen molar-refractivity contribution in [1.82, 2.24) is 15.2 Å². The van der Waals surface area contributed by atoms with E-state index in [9.17, 15) is 4.79 Å². The highest BCUT2D eigenvalue weighted by atomic mass is 16.5. The number of nitrogens with zero attached hydrogens (tertiary/aromatic N) is 2. The number of ether oxygens (including phenoxy) is 1. The van der Waals surface area contributed by atoms with Gasteiger partial charge in [-0.1, -0.05) is 6.92 Å². The first-order valence-electron chi connectivity index (χ1n) is 10.2. The van der Waals surface area contributed by atoms with Gasteiger partial charge < -0.3 is 20.3 Å². The van der Waals surface area contributed by atoms with Crippen LogP contribution in [0.25, 0.3) is 0 Å². The Balaban J connectivity index is 1.65. The van der Waals surface area contributed by atoms with Crippen LogP contribution in [0.1, 0.15) is 37.0 Å². The number of rotatable bonds is 8. The number of pyridine rings is 1. The zero-order chi connectivity index (χ0) is 19.8. The number of likely N-dealkylation sites (tertiary alicyclic amines) is 1. The molecule has 0 atom stereocenters. The number of amides is 1. The zero-order valence-corrected chi connectivity index (χ0v) is 16.8. The molecule has 0 radical (unpaired) electrons. The summed E-state index contributed by atoms with van der Waals surface area (Å²) < 4.78 is 5.48. The zero-order valence-electron chi connectivity index (χ0n) is 16.8. The Kier molecular flexibility index (Phi) is 7.25. The molecule has 2 N–H and O–H groups in total. The Bertz CT molecular complexity index is 755. The van der Waals surface area contributed by atoms with Gasteiger partial charge in [0.05, 0.1) is 12.2 Å². The smallest absolute Gasteiger partial charge is 0.257 e. The standard InChI is InChI=1S/C22H30N4O2/c1-3-23-16-17-11-14-26(15-12-17)22(27)20-6-5-13-24-21(20)25-18-7-9-19(10-8-18)28-4-2/h5-10,13,17,23H,3-4,11-12,14-16H2,1-2H3,(H,24,25). The van der Waals surface area contributed by atoms with Gasteiger partial charge >= 0.3 is 0 Å². The highest BCUT2D eigenvalue weighted by Gasteiger charge is 2.25. The van der Waals surface area contributed by atoms with Gasteiger partial charge in [0.1, 0.15) is 11.6 Å². The Labute approximate surface area is 167 Å². The minimum absolute atomic E-state index is 0.0448. The van der Waals surface area contributed by atoms with E-state index >= 15 is 0 Å². The molecule has 1 fully saturated rings. The fourth-order valence-corrected chi connectivity index (χ4v) is 3.47. The van der Waals surface area contributed by atoms with E-state index in [0.29, 0.717) is 23.9 Å². The molecule has 0 spiro atoms. The second kappa shape index (κ2) is 10.1. The molecular weight excluding hydrogens is 352 g/mol. The predicted octanol–water partition coefficient (Wildman–Crippen LogP) is 3.69. The highest BCUT2D eigenvalue weighted by molar-refractivity contribution is 5.99. The van der Waals surface area contributed by atoms with Gasteiger partial charge in [-0.05, 0) is 75.2 Å². The fraction of sp³-hybridized carbons (Fsp3) is 0.455. The lowest BCUT2D eigenvalue weighted by molar-refractivity contribution is 0.0691. The van der Waals surface area contributed by atoms with E-state index in [4.69, 9.17) is 4.74 Å². The molecule has 0 unspecified atom stereocenters. The maximum Gasteiger partial charge on any atom is 0.257 e. The van der Waals surface area contributed by atoms with E-state index in [1.54, 1.807) is 6.20 Å². The summed E-state index contributed by atoms with van der Waals surface area (Å²) in [6.07, 6.45) is 3.79. The molecule has 0 aliphatic carbocycles. The van der Waals surface area contributed by atoms with Gasteiger partial charge in [0.25, 0.3) is 5.91 Å². The van der Waals surface area contributed by atoms with Gasteiger partial charge in [0.15, 0.2) is 0 Å². The van der Waals surface area contributed by atoms with Gasteiger partial charge in [0.2, 0.25) is 0 Å². The summed E-state index contributed by atoms with van der Waals surface area (Å²) in [7, 11) is 0. The Morgan fingerprint density at radius 1 is 1.18 bits per heavy atom. The number of carbonyl (C=O) groups excluding carboxylic acids is 1. The van der Waals surface area contributed by atoms with Crippen molar-refractivity contribution < 1.29 is 9.53 Å². The number of hydrogen-bond donors (Lipinski definition) is 2. The number of benzene rings is 1. The number of anilines is 2. The Morgan fingerprint density at radius 3 is 2.61 bits per heavy atom. The van der Waals surface area contributed by atoms with E-state index in [1.165, 1.54) is 0 Å². The van der Waals surface area contributed by atoms with Gasteiger partial charge in [0, 0.05) is 25.0 Å². The first kappa shape index (κ1) is 20.1. The van der Waals surface area contributed by atoms with Gasteiger partial charge in [-0.3, -0.25) is 4.79 Å². The van der Waals surface area contributed by atoms with Crippen molar-refractivity contribution in [3.8, 4) is 5.75 Å². The average Bonchev–Trinajstić information content (AvgIpc) is 2.74. The van der Waals surface area contributed by atoms with Crippen molar-refractivity contribution >= 4 is 17.4 Å². The minimum atomic E-state index is 0.0448. The molecule has 6 nitrogen and oxygen atoms in total. The predicted molar refractivity (Wildman–Crippen MR) is 112 cm³/mol. The van der Waals surface area contributed by atoms with Crippen LogP contribution in [0.4, 0.5) is 11.5 Å². The maximum absolute atomic E-state index is 13.1. The largest absolute Gasteiger partial charge is 0.494 e. The summed E-state index contributed by atoms with van der Waals surface area (Å²) in [5.41, 5.74) is 1.49. The monoisotopic (exact) mass is 382 g/mol. The first-order chi connectivity index (χ1) is 13.7. The van der Waals surface area contributed by atoms with Crippen molar-refractivity contribution in [2.75, 3.05) is 38.1 Å². The average molecular weight is 383 g/mol. The number of hydrogen-bond acceptors (Lipinski definition) is 5. The number of nitrogens with one attached hydrogen (secondary N) is 2. The molecule has 2 aromatic rings. The molecule has 1 aliphatic heterocycles. The van der Waals surface area contributed by atoms with Crippen molar-refractivity contribution in [2.24, 2.45) is 5.92 Å². The molecule has 1 amide bonds. The normalized spacial score (nSPS) is 14.7. The van der Waals surface area contributed by atoms with E-state index in [-0.39, 0.29) is 5.91 Å². The lowest BCUT2D eigenvalue weighted by atomic mass is 9.96. The molecular formula is C22H30N4O2. The topological polar surface area (TPSA) is 66.5 Å². The van der Waals surface area contributed by atoms with Crippen LogP contribution in [0.2, 0.25) is 0 Å². The molecule has 150 valence electrons. The molecule has 28 heavy (non-hydrogen) atoms. The molecule has 2 heterocycles. The van der Waals surface area contributed by atoms with Crippen LogP contribution in [0, 0.1) is 5.92 Å². The summed E-state index contributed by atoms with van der Waals surface area (Å²) in [4.78, 5) is 19.4. The minimum Gasteiger partial charge on any atom is -0.494 e. The van der Waals surface area contributed by atoms with Gasteiger partial charge in [-0.15, -0.1) is 0 Å². The van der Waals surface area contributed by atoms with E-state index < -0.39 is 0 Å². The van der Waals surface area contributed by atoms with E-state index in [2.05, 4.69) is 22.5 Å². The van der Waals surface area contributed by atoms with Crippen molar-refractivity contribution in [3.63, 3.8) is 0 Å². The summed E-state index contributed by atoms with van der Waals surface area (Å²) in [5, 5.41) is 6.68. The van der Waals surface area contributed by atoms with Crippen LogP contribution in [-0.2, 0) is 0 Å². The molecule has 1 aromatic carbocycles. The van der Waals surface area contributed by atoms with Crippen LogP contribution in [0.15, 0.2) is 42.6 Å². The van der Waals surface area contributed by atoms with Gasteiger partial charge in [-0.2, -0.15) is 0 Å². The molecule has 0 bridgehead atoms. The van der Waals surface area contributed by atoms with E-state index in [1.807, 2.05) is 48.2 Å². The fourth-order valence-electron chi connectivity index (χ4n) is 3.47. The van der Waals surface area contributed by atoms with Crippen LogP contribution in [0.5, 0.6) is 5.75 Å². The molecule has 1 aliphatic rings. The summed E-state index contributed by atoms with van der Waals surface area (Å²) in [6, 6.07) is 11.3. The quantitative estimate of drug-likeness (QED) is 0.729. The van der Waals surface area contributed by atoms with Crippen molar-refractivity contribution in [3.05, 3.63) is 48.2 Å². The Hall–Kier alpha value is -2.60. The summed E-state index contributed by atoms with van der Waals surface area (Å²) in [5.74, 6) is 2.11. The Morgan fingerprint density at radius 2 is 1.93 bits per heavy atom. The third-order valence-corrected chi connectivity index (χ3v) is 5.05. The van der Waals surface area contributed by atoms with Crippen LogP contribution < -0.4 is 15.4 Å². The first-order valence-corrected chi connectivity index (χ1v) is 10.2. The lowest BCUT2D eigenvalue weighted by Crippen LogP contribution is -2.41. The number of piperidine rings is 1.